The number of hydrogen-bond acceptors (Lipinski definition) is 6. The molecular formula is C24H22BrN3O4S. The van der Waals surface area contributed by atoms with Crippen LogP contribution in [-0.2, 0) is 11.3 Å². The summed E-state index contributed by atoms with van der Waals surface area (Å²) in [6, 6.07) is 17.2. The van der Waals surface area contributed by atoms with Crippen LogP contribution in [0.5, 0.6) is 11.5 Å². The van der Waals surface area contributed by atoms with Crippen LogP contribution in [0.2, 0.25) is 0 Å². The van der Waals surface area contributed by atoms with E-state index in [0.717, 1.165) is 21.3 Å². The summed E-state index contributed by atoms with van der Waals surface area (Å²) in [5, 5.41) is 3.58. The maximum atomic E-state index is 12.4. The third-order valence-electron chi connectivity index (χ3n) is 4.84. The summed E-state index contributed by atoms with van der Waals surface area (Å²) >= 11 is 4.82. The number of aromatic amines is 1. The van der Waals surface area contributed by atoms with Crippen molar-refractivity contribution >= 4 is 33.6 Å². The fourth-order valence-corrected chi connectivity index (χ4v) is 4.28. The summed E-state index contributed by atoms with van der Waals surface area (Å²) in [7, 11) is 3.20. The topological polar surface area (TPSA) is 89.4 Å². The monoisotopic (exact) mass is 527 g/mol. The number of carbonyl (C=O) groups is 1. The Bertz CT molecular complexity index is 1220. The van der Waals surface area contributed by atoms with Gasteiger partial charge in [-0.25, -0.2) is 4.98 Å². The molecule has 2 heterocycles. The van der Waals surface area contributed by atoms with Crippen molar-refractivity contribution < 1.29 is 18.7 Å². The third kappa shape index (κ3) is 5.61. The minimum Gasteiger partial charge on any atom is -0.493 e. The first-order valence-corrected chi connectivity index (χ1v) is 11.9. The molecule has 2 aromatic heterocycles. The predicted molar refractivity (Wildman–Crippen MR) is 132 cm³/mol. The van der Waals surface area contributed by atoms with E-state index >= 15 is 0 Å². The number of methoxy groups -OCH3 is 2. The molecule has 0 radical (unpaired) electrons. The average Bonchev–Trinajstić information content (AvgIpc) is 3.51. The van der Waals surface area contributed by atoms with Crippen molar-refractivity contribution in [2.45, 2.75) is 11.6 Å². The van der Waals surface area contributed by atoms with Gasteiger partial charge in [-0.15, -0.1) is 0 Å². The Kier molecular flexibility index (Phi) is 7.41. The molecule has 2 aromatic carbocycles. The first-order valence-electron chi connectivity index (χ1n) is 10.1. The van der Waals surface area contributed by atoms with E-state index in [4.69, 9.17) is 18.9 Å². The largest absolute Gasteiger partial charge is 0.493 e. The lowest BCUT2D eigenvalue weighted by atomic mass is 10.1. The fourth-order valence-electron chi connectivity index (χ4n) is 3.18. The van der Waals surface area contributed by atoms with Gasteiger partial charge in [-0.1, -0.05) is 39.8 Å². The van der Waals surface area contributed by atoms with Gasteiger partial charge in [0.05, 0.1) is 38.5 Å². The first kappa shape index (κ1) is 23.0. The molecule has 4 rings (SSSR count). The first-order chi connectivity index (χ1) is 16.1. The number of aromatic nitrogens is 2. The van der Waals surface area contributed by atoms with Gasteiger partial charge in [-0.3, -0.25) is 4.79 Å². The van der Waals surface area contributed by atoms with Crippen molar-refractivity contribution in [3.8, 4) is 34.1 Å². The van der Waals surface area contributed by atoms with Gasteiger partial charge in [0.25, 0.3) is 0 Å². The number of imidazole rings is 1. The van der Waals surface area contributed by atoms with Crippen molar-refractivity contribution in [1.29, 1.82) is 0 Å². The van der Waals surface area contributed by atoms with Gasteiger partial charge in [0.2, 0.25) is 5.91 Å². The highest BCUT2D eigenvalue weighted by Gasteiger charge is 2.17. The van der Waals surface area contributed by atoms with Crippen molar-refractivity contribution in [3.63, 3.8) is 0 Å². The van der Waals surface area contributed by atoms with E-state index in [9.17, 15) is 4.79 Å². The molecule has 0 aliphatic heterocycles. The van der Waals surface area contributed by atoms with Gasteiger partial charge in [-0.05, 0) is 42.5 Å². The summed E-state index contributed by atoms with van der Waals surface area (Å²) in [6.45, 7) is 0.347. The van der Waals surface area contributed by atoms with Gasteiger partial charge in [0.15, 0.2) is 11.5 Å². The zero-order chi connectivity index (χ0) is 23.2. The molecule has 9 heteroatoms. The zero-order valence-electron chi connectivity index (χ0n) is 18.1. The summed E-state index contributed by atoms with van der Waals surface area (Å²) in [4.78, 5) is 20.6. The van der Waals surface area contributed by atoms with Crippen LogP contribution in [0.15, 0.2) is 74.8 Å². The molecule has 1 amide bonds. The van der Waals surface area contributed by atoms with E-state index in [1.807, 2.05) is 48.5 Å². The molecule has 2 N–H and O–H groups in total. The number of ether oxygens (including phenoxy) is 2. The van der Waals surface area contributed by atoms with Crippen LogP contribution in [0, 0.1) is 0 Å². The van der Waals surface area contributed by atoms with Crippen molar-refractivity contribution in [1.82, 2.24) is 15.3 Å². The number of hydrogen-bond donors (Lipinski definition) is 2. The number of nitrogens with one attached hydrogen (secondary N) is 2. The van der Waals surface area contributed by atoms with Crippen LogP contribution in [0.1, 0.15) is 5.76 Å². The van der Waals surface area contributed by atoms with Crippen LogP contribution in [-0.4, -0.2) is 35.8 Å². The summed E-state index contributed by atoms with van der Waals surface area (Å²) in [5.41, 5.74) is 2.62. The second-order valence-corrected chi connectivity index (χ2v) is 8.87. The zero-order valence-corrected chi connectivity index (χ0v) is 20.5. The summed E-state index contributed by atoms with van der Waals surface area (Å²) < 4.78 is 17.1. The number of thioether (sulfide) groups is 1. The number of H-pyrrole nitrogens is 1. The predicted octanol–water partition coefficient (Wildman–Crippen LogP) is 5.52. The quantitative estimate of drug-likeness (QED) is 0.278. The Hall–Kier alpha value is -3.17. The maximum absolute atomic E-state index is 12.4. The van der Waals surface area contributed by atoms with Crippen LogP contribution in [0.4, 0.5) is 0 Å². The Morgan fingerprint density at radius 3 is 2.55 bits per heavy atom. The van der Waals surface area contributed by atoms with E-state index in [1.165, 1.54) is 11.8 Å². The van der Waals surface area contributed by atoms with Gasteiger partial charge < -0.3 is 24.2 Å². The van der Waals surface area contributed by atoms with E-state index in [-0.39, 0.29) is 11.7 Å². The number of nitrogens with zero attached hydrogens (tertiary/aromatic N) is 1. The van der Waals surface area contributed by atoms with Gasteiger partial charge in [0.1, 0.15) is 16.6 Å². The molecule has 33 heavy (non-hydrogen) atoms. The highest BCUT2D eigenvalue weighted by atomic mass is 79.9. The minimum absolute atomic E-state index is 0.108. The van der Waals surface area contributed by atoms with Gasteiger partial charge >= 0.3 is 0 Å². The highest BCUT2D eigenvalue weighted by Crippen LogP contribution is 2.37. The van der Waals surface area contributed by atoms with Crippen molar-refractivity contribution in [2.24, 2.45) is 0 Å². The Morgan fingerprint density at radius 1 is 1.09 bits per heavy atom. The molecule has 4 aromatic rings. The molecule has 0 saturated carbocycles. The van der Waals surface area contributed by atoms with E-state index in [1.54, 1.807) is 26.5 Å². The van der Waals surface area contributed by atoms with Gasteiger partial charge in [-0.2, -0.15) is 0 Å². The minimum atomic E-state index is -0.108. The van der Waals surface area contributed by atoms with Gasteiger partial charge in [0, 0.05) is 15.6 Å². The van der Waals surface area contributed by atoms with Crippen LogP contribution < -0.4 is 14.8 Å². The smallest absolute Gasteiger partial charge is 0.230 e. The lowest BCUT2D eigenvalue weighted by Gasteiger charge is -2.09. The Morgan fingerprint density at radius 2 is 1.85 bits per heavy atom. The second kappa shape index (κ2) is 10.6. The molecular weight excluding hydrogens is 506 g/mol. The lowest BCUT2D eigenvalue weighted by Crippen LogP contribution is -2.24. The molecule has 0 atom stereocenters. The number of furan rings is 1. The normalized spacial score (nSPS) is 10.8. The number of carbonyl (C=O) groups excluding carboxylic acids is 1. The fraction of sp³-hybridized carbons (Fsp3) is 0.167. The molecule has 170 valence electrons. The summed E-state index contributed by atoms with van der Waals surface area (Å²) in [6.07, 6.45) is 1.58. The number of rotatable bonds is 9. The lowest BCUT2D eigenvalue weighted by molar-refractivity contribution is -0.118. The highest BCUT2D eigenvalue weighted by molar-refractivity contribution is 9.10. The molecule has 0 bridgehead atoms. The maximum Gasteiger partial charge on any atom is 0.230 e. The van der Waals surface area contributed by atoms with E-state index in [2.05, 4.69) is 26.2 Å². The standard InChI is InChI=1S/C24H22BrN3O4S/c1-30-19-10-7-16(12-20(19)31-2)22-24(28-23(27-22)15-5-8-17(25)9-6-15)33-14-21(29)26-13-18-4-3-11-32-18/h3-12H,13-14H2,1-2H3,(H,26,29)(H,27,28). The average molecular weight is 528 g/mol. The number of amides is 1. The molecule has 0 spiro atoms. The van der Waals surface area contributed by atoms with Crippen LogP contribution in [0.25, 0.3) is 22.6 Å². The Labute approximate surface area is 204 Å². The number of benzene rings is 2. The summed E-state index contributed by atoms with van der Waals surface area (Å²) in [5.74, 6) is 2.78. The third-order valence-corrected chi connectivity index (χ3v) is 6.34. The molecule has 0 aliphatic rings. The molecule has 7 nitrogen and oxygen atoms in total. The number of halogens is 1. The second-order valence-electron chi connectivity index (χ2n) is 6.99. The van der Waals surface area contributed by atoms with Crippen molar-refractivity contribution in [2.75, 3.05) is 20.0 Å². The van der Waals surface area contributed by atoms with E-state index in [0.29, 0.717) is 34.7 Å². The Balaban J connectivity index is 1.60. The van der Waals surface area contributed by atoms with Crippen LogP contribution in [0.3, 0.4) is 0 Å². The molecule has 0 saturated heterocycles. The van der Waals surface area contributed by atoms with Crippen molar-refractivity contribution in [3.05, 3.63) is 71.1 Å². The van der Waals surface area contributed by atoms with E-state index < -0.39 is 0 Å². The molecule has 0 unspecified atom stereocenters. The molecule has 0 fully saturated rings. The van der Waals surface area contributed by atoms with Crippen LogP contribution >= 0.6 is 27.7 Å². The molecule has 0 aliphatic carbocycles. The SMILES string of the molecule is COc1ccc(-c2[nH]c(-c3ccc(Br)cc3)nc2SCC(=O)NCc2ccco2)cc1OC.